The van der Waals surface area contributed by atoms with E-state index in [1.165, 1.54) is 0 Å². The Morgan fingerprint density at radius 3 is 2.67 bits per heavy atom. The fourth-order valence-electron chi connectivity index (χ4n) is 2.30. The van der Waals surface area contributed by atoms with Gasteiger partial charge in [0.1, 0.15) is 5.75 Å². The summed E-state index contributed by atoms with van der Waals surface area (Å²) in [5.74, 6) is 0.819. The van der Waals surface area contributed by atoms with E-state index in [1.54, 1.807) is 0 Å². The first kappa shape index (κ1) is 15.6. The first-order chi connectivity index (χ1) is 9.88. The summed E-state index contributed by atoms with van der Waals surface area (Å²) in [6, 6.07) is 5.23. The second kappa shape index (κ2) is 6.35. The van der Waals surface area contributed by atoms with E-state index in [-0.39, 0.29) is 12.1 Å². The number of hydrogen-bond acceptors (Lipinski definition) is 3. The van der Waals surface area contributed by atoms with Gasteiger partial charge in [-0.05, 0) is 63.8 Å². The van der Waals surface area contributed by atoms with Crippen LogP contribution in [0.1, 0.15) is 38.7 Å². The first-order valence-corrected chi connectivity index (χ1v) is 7.42. The van der Waals surface area contributed by atoms with Crippen molar-refractivity contribution >= 4 is 11.7 Å². The molecule has 0 atom stereocenters. The summed E-state index contributed by atoms with van der Waals surface area (Å²) >= 11 is 0. The standard InChI is InChI=1S/C16H24N2O3/c1-11(2)21-14-6-5-13(9-12(14)3)18-15(19)17-10-16(20)7-4-8-16/h5-6,9,11,20H,4,7-8,10H2,1-3H3,(H2,17,18,19). The number of hydrogen-bond donors (Lipinski definition) is 3. The number of carbonyl (C=O) groups is 1. The molecule has 5 heteroatoms. The molecule has 1 aromatic rings. The molecule has 2 rings (SSSR count). The SMILES string of the molecule is Cc1cc(NC(=O)NCC2(O)CCC2)ccc1OC(C)C. The van der Waals surface area contributed by atoms with Crippen LogP contribution in [0.4, 0.5) is 10.5 Å². The lowest BCUT2D eigenvalue weighted by molar-refractivity contribution is -0.0287. The smallest absolute Gasteiger partial charge is 0.319 e. The zero-order chi connectivity index (χ0) is 15.5. The van der Waals surface area contributed by atoms with Crippen molar-refractivity contribution in [3.05, 3.63) is 23.8 Å². The highest BCUT2D eigenvalue weighted by molar-refractivity contribution is 5.89. The monoisotopic (exact) mass is 292 g/mol. The Hall–Kier alpha value is -1.75. The number of ether oxygens (including phenoxy) is 1. The molecule has 0 unspecified atom stereocenters. The third-order valence-corrected chi connectivity index (χ3v) is 3.66. The molecule has 0 bridgehead atoms. The molecule has 116 valence electrons. The van der Waals surface area contributed by atoms with Gasteiger partial charge < -0.3 is 20.5 Å². The van der Waals surface area contributed by atoms with Crippen LogP contribution < -0.4 is 15.4 Å². The second-order valence-electron chi connectivity index (χ2n) is 6.03. The van der Waals surface area contributed by atoms with E-state index >= 15 is 0 Å². The van der Waals surface area contributed by atoms with Crippen molar-refractivity contribution in [2.45, 2.75) is 51.7 Å². The van der Waals surface area contributed by atoms with Crippen LogP contribution in [0.25, 0.3) is 0 Å². The molecule has 5 nitrogen and oxygen atoms in total. The van der Waals surface area contributed by atoms with E-state index in [9.17, 15) is 9.90 Å². The molecule has 2 amide bonds. The van der Waals surface area contributed by atoms with Crippen LogP contribution in [0.2, 0.25) is 0 Å². The molecule has 1 aromatic carbocycles. The Balaban J connectivity index is 1.87. The number of nitrogens with one attached hydrogen (secondary N) is 2. The van der Waals surface area contributed by atoms with Gasteiger partial charge in [0.05, 0.1) is 11.7 Å². The molecule has 0 spiro atoms. The van der Waals surface area contributed by atoms with Crippen LogP contribution in [0.5, 0.6) is 5.75 Å². The average molecular weight is 292 g/mol. The van der Waals surface area contributed by atoms with Crippen molar-refractivity contribution in [1.82, 2.24) is 5.32 Å². The van der Waals surface area contributed by atoms with Crippen molar-refractivity contribution in [2.24, 2.45) is 0 Å². The summed E-state index contributed by atoms with van der Waals surface area (Å²) in [5.41, 5.74) is 0.975. The largest absolute Gasteiger partial charge is 0.491 e. The number of rotatable bonds is 5. The molecule has 0 radical (unpaired) electrons. The Morgan fingerprint density at radius 2 is 2.14 bits per heavy atom. The van der Waals surface area contributed by atoms with Gasteiger partial charge in [-0.2, -0.15) is 0 Å². The van der Waals surface area contributed by atoms with Crippen LogP contribution >= 0.6 is 0 Å². The maximum Gasteiger partial charge on any atom is 0.319 e. The van der Waals surface area contributed by atoms with Gasteiger partial charge in [-0.25, -0.2) is 4.79 Å². The Morgan fingerprint density at radius 1 is 1.43 bits per heavy atom. The molecule has 1 aliphatic carbocycles. The minimum Gasteiger partial charge on any atom is -0.491 e. The maximum atomic E-state index is 11.8. The van der Waals surface area contributed by atoms with Crippen LogP contribution in [0.3, 0.4) is 0 Å². The molecule has 3 N–H and O–H groups in total. The second-order valence-corrected chi connectivity index (χ2v) is 6.03. The highest BCUT2D eigenvalue weighted by Crippen LogP contribution is 2.30. The lowest BCUT2D eigenvalue weighted by Crippen LogP contribution is -2.48. The number of aliphatic hydroxyl groups is 1. The number of urea groups is 1. The van der Waals surface area contributed by atoms with Crippen molar-refractivity contribution in [2.75, 3.05) is 11.9 Å². The van der Waals surface area contributed by atoms with Gasteiger partial charge in [0, 0.05) is 12.2 Å². The minimum absolute atomic E-state index is 0.119. The van der Waals surface area contributed by atoms with E-state index in [1.807, 2.05) is 39.0 Å². The molecule has 1 aliphatic rings. The summed E-state index contributed by atoms with van der Waals surface area (Å²) < 4.78 is 5.66. The van der Waals surface area contributed by atoms with E-state index in [4.69, 9.17) is 4.74 Å². The van der Waals surface area contributed by atoms with Crippen LogP contribution in [-0.4, -0.2) is 29.4 Å². The summed E-state index contributed by atoms with van der Waals surface area (Å²) in [5, 5.41) is 15.4. The lowest BCUT2D eigenvalue weighted by atomic mass is 9.80. The lowest BCUT2D eigenvalue weighted by Gasteiger charge is -2.36. The molecule has 21 heavy (non-hydrogen) atoms. The van der Waals surface area contributed by atoms with E-state index in [0.29, 0.717) is 12.2 Å². The van der Waals surface area contributed by atoms with Crippen molar-refractivity contribution in [1.29, 1.82) is 0 Å². The van der Waals surface area contributed by atoms with Crippen LogP contribution in [-0.2, 0) is 0 Å². The molecule has 0 heterocycles. The number of aryl methyl sites for hydroxylation is 1. The maximum absolute atomic E-state index is 11.8. The summed E-state index contributed by atoms with van der Waals surface area (Å²) in [6.07, 6.45) is 2.66. The summed E-state index contributed by atoms with van der Waals surface area (Å²) in [4.78, 5) is 11.8. The van der Waals surface area contributed by atoms with Gasteiger partial charge in [0.15, 0.2) is 0 Å². The minimum atomic E-state index is -0.706. The van der Waals surface area contributed by atoms with Crippen molar-refractivity contribution in [3.63, 3.8) is 0 Å². The predicted octanol–water partition coefficient (Wildman–Crippen LogP) is 2.82. The number of carbonyl (C=O) groups excluding carboxylic acids is 1. The van der Waals surface area contributed by atoms with Gasteiger partial charge in [-0.1, -0.05) is 0 Å². The quantitative estimate of drug-likeness (QED) is 0.781. The fourth-order valence-corrected chi connectivity index (χ4v) is 2.30. The van der Waals surface area contributed by atoms with Gasteiger partial charge in [-0.3, -0.25) is 0 Å². The summed E-state index contributed by atoms with van der Waals surface area (Å²) in [6.45, 7) is 6.19. The van der Waals surface area contributed by atoms with E-state index < -0.39 is 5.60 Å². The molecule has 1 saturated carbocycles. The van der Waals surface area contributed by atoms with Crippen LogP contribution in [0, 0.1) is 6.92 Å². The average Bonchev–Trinajstić information content (AvgIpc) is 2.37. The molecule has 0 saturated heterocycles. The molecule has 0 aromatic heterocycles. The van der Waals surface area contributed by atoms with Gasteiger partial charge >= 0.3 is 6.03 Å². The molecule has 0 aliphatic heterocycles. The highest BCUT2D eigenvalue weighted by Gasteiger charge is 2.34. The predicted molar refractivity (Wildman–Crippen MR) is 82.8 cm³/mol. The zero-order valence-electron chi connectivity index (χ0n) is 12.9. The Bertz CT molecular complexity index is 510. The number of amides is 2. The van der Waals surface area contributed by atoms with Gasteiger partial charge in [0.25, 0.3) is 0 Å². The number of anilines is 1. The molecule has 1 fully saturated rings. The van der Waals surface area contributed by atoms with Crippen molar-refractivity contribution in [3.8, 4) is 5.75 Å². The molecular formula is C16H24N2O3. The first-order valence-electron chi connectivity index (χ1n) is 7.42. The highest BCUT2D eigenvalue weighted by atomic mass is 16.5. The van der Waals surface area contributed by atoms with Gasteiger partial charge in [0.2, 0.25) is 0 Å². The Labute approximate surface area is 125 Å². The summed E-state index contributed by atoms with van der Waals surface area (Å²) in [7, 11) is 0. The van der Waals surface area contributed by atoms with E-state index in [0.717, 1.165) is 30.6 Å². The molecular weight excluding hydrogens is 268 g/mol. The Kier molecular flexibility index (Phi) is 4.73. The van der Waals surface area contributed by atoms with Crippen LogP contribution in [0.15, 0.2) is 18.2 Å². The number of benzene rings is 1. The third-order valence-electron chi connectivity index (χ3n) is 3.66. The fraction of sp³-hybridized carbons (Fsp3) is 0.562. The normalized spacial score (nSPS) is 16.2. The zero-order valence-corrected chi connectivity index (χ0v) is 12.9. The third kappa shape index (κ3) is 4.36. The van der Waals surface area contributed by atoms with Gasteiger partial charge in [-0.15, -0.1) is 0 Å². The topological polar surface area (TPSA) is 70.6 Å². The van der Waals surface area contributed by atoms with E-state index in [2.05, 4.69) is 10.6 Å². The van der Waals surface area contributed by atoms with Crippen molar-refractivity contribution < 1.29 is 14.6 Å².